The third-order valence-electron chi connectivity index (χ3n) is 13.1. The van der Waals surface area contributed by atoms with Gasteiger partial charge in [-0.2, -0.15) is 0 Å². The van der Waals surface area contributed by atoms with Gasteiger partial charge < -0.3 is 23.8 Å². The maximum absolute atomic E-state index is 15.1. The average molecular weight is 856 g/mol. The Morgan fingerprint density at radius 2 is 1.86 bits per heavy atom. The number of pyridine rings is 1. The summed E-state index contributed by atoms with van der Waals surface area (Å²) in [7, 11) is -2.32. The maximum Gasteiger partial charge on any atom is 0.306 e. The number of aromatic nitrogens is 1. The normalized spacial score (nSPS) is 27.9. The van der Waals surface area contributed by atoms with Crippen LogP contribution in [-0.4, -0.2) is 86.1 Å². The van der Waals surface area contributed by atoms with Gasteiger partial charge in [0.25, 0.3) is 0 Å². The number of allylic oxidation sites excluding steroid dienone is 1. The van der Waals surface area contributed by atoms with Crippen molar-refractivity contribution in [3.63, 3.8) is 0 Å². The van der Waals surface area contributed by atoms with E-state index in [4.69, 9.17) is 35.5 Å². The molecule has 5 atom stereocenters. The quantitative estimate of drug-likeness (QED) is 0.185. The number of hydrogen-bond acceptors (Lipinski definition) is 11. The number of amides is 2. The highest BCUT2D eigenvalue weighted by molar-refractivity contribution is 7.90. The molecular formula is C44H58ClN3O10S. The van der Waals surface area contributed by atoms with Crippen molar-refractivity contribution in [2.75, 3.05) is 26.9 Å². The van der Waals surface area contributed by atoms with Gasteiger partial charge in [0.05, 0.1) is 55.9 Å². The second-order valence-corrected chi connectivity index (χ2v) is 20.4. The summed E-state index contributed by atoms with van der Waals surface area (Å²) < 4.78 is 52.4. The van der Waals surface area contributed by atoms with Crippen molar-refractivity contribution in [3.8, 4) is 17.4 Å². The molecule has 4 fully saturated rings. The van der Waals surface area contributed by atoms with Crippen LogP contribution in [0, 0.1) is 28.6 Å². The molecule has 0 radical (unpaired) electrons. The Hall–Kier alpha value is -3.91. The molecule has 2 amide bonds. The van der Waals surface area contributed by atoms with E-state index < -0.39 is 56.5 Å². The molecule has 1 saturated heterocycles. The third kappa shape index (κ3) is 9.23. The maximum atomic E-state index is 15.1. The van der Waals surface area contributed by atoms with Gasteiger partial charge in [0.1, 0.15) is 28.1 Å². The number of sulfonamides is 1. The number of hydrogen-bond donors (Lipinski definition) is 1. The molecule has 15 heteroatoms. The van der Waals surface area contributed by atoms with E-state index in [9.17, 15) is 22.8 Å². The summed E-state index contributed by atoms with van der Waals surface area (Å²) in [6.45, 7) is 10.3. The second-order valence-electron chi connectivity index (χ2n) is 18.1. The van der Waals surface area contributed by atoms with Crippen LogP contribution in [0.3, 0.4) is 0 Å². The molecule has 2 aliphatic heterocycles. The van der Waals surface area contributed by atoms with Crippen molar-refractivity contribution >= 4 is 56.1 Å². The van der Waals surface area contributed by atoms with Gasteiger partial charge in [0, 0.05) is 24.3 Å². The number of ether oxygens (including phenoxy) is 4. The van der Waals surface area contributed by atoms with E-state index in [1.807, 2.05) is 26.8 Å². The van der Waals surface area contributed by atoms with Crippen LogP contribution in [0.15, 0.2) is 24.8 Å². The van der Waals surface area contributed by atoms with Crippen molar-refractivity contribution in [2.24, 2.45) is 28.6 Å². The Bertz CT molecular complexity index is 2100. The Labute approximate surface area is 352 Å². The standard InChI is InChI=1S/C44H58ClN3O10S/c1-6-28-22-44(28,42(52)47-59(53,54)30-15-16-30)23-34(49)33-19-29-24-48(33)41(51)31(26-12-9-8-10-13-26)20-37(50)57-25-43(3,4)17-11-14-27-18-32-35(58-29)21-36(56-7-2)46-39(32)38(45)40(27)55-5/h6,18,21,26,28-31,33H,1,7-17,19-20,22-25H2,2-5H3,(H,47,52)/t28-,29-,31+,33+,44?/m1/s1. The number of fused-ring (bicyclic) bond motifs is 3. The van der Waals surface area contributed by atoms with Crippen LogP contribution in [0.1, 0.15) is 110 Å². The molecule has 1 aromatic heterocycles. The van der Waals surface area contributed by atoms with Gasteiger partial charge in [-0.3, -0.25) is 23.9 Å². The van der Waals surface area contributed by atoms with Crippen molar-refractivity contribution in [1.82, 2.24) is 14.6 Å². The van der Waals surface area contributed by atoms with E-state index in [0.717, 1.165) is 50.5 Å². The van der Waals surface area contributed by atoms with Crippen LogP contribution in [0.2, 0.25) is 5.02 Å². The molecular weight excluding hydrogens is 798 g/mol. The molecule has 1 N–H and O–H groups in total. The number of carbonyl (C=O) groups excluding carboxylic acids is 4. The highest BCUT2D eigenvalue weighted by Crippen LogP contribution is 2.57. The summed E-state index contributed by atoms with van der Waals surface area (Å²) in [4.78, 5) is 63.4. The van der Waals surface area contributed by atoms with Gasteiger partial charge in [0.15, 0.2) is 5.78 Å². The lowest BCUT2D eigenvalue weighted by molar-refractivity contribution is -0.154. The molecule has 59 heavy (non-hydrogen) atoms. The fourth-order valence-corrected chi connectivity index (χ4v) is 11.2. The predicted molar refractivity (Wildman–Crippen MR) is 222 cm³/mol. The molecule has 0 spiro atoms. The van der Waals surface area contributed by atoms with Crippen LogP contribution in [0.4, 0.5) is 0 Å². The van der Waals surface area contributed by atoms with Gasteiger partial charge in [-0.1, -0.05) is 50.8 Å². The summed E-state index contributed by atoms with van der Waals surface area (Å²) in [5, 5.41) is 0.304. The van der Waals surface area contributed by atoms with Gasteiger partial charge in [0.2, 0.25) is 27.7 Å². The topological polar surface area (TPSA) is 168 Å². The number of ketones is 1. The number of halogens is 1. The lowest BCUT2D eigenvalue weighted by Gasteiger charge is -2.34. The number of nitrogens with one attached hydrogen (secondary N) is 1. The van der Waals surface area contributed by atoms with Crippen LogP contribution < -0.4 is 18.9 Å². The number of esters is 1. The van der Waals surface area contributed by atoms with E-state index in [-0.39, 0.29) is 67.7 Å². The van der Waals surface area contributed by atoms with Crippen molar-refractivity contribution in [3.05, 3.63) is 35.4 Å². The van der Waals surface area contributed by atoms with Gasteiger partial charge in [-0.05, 0) is 87.2 Å². The number of benzene rings is 1. The number of carbonyl (C=O) groups is 4. The number of cyclic esters (lactones) is 1. The summed E-state index contributed by atoms with van der Waals surface area (Å²) in [6.07, 6.45) is 8.36. The Balaban J connectivity index is 1.28. The van der Waals surface area contributed by atoms with E-state index in [1.54, 1.807) is 24.2 Å². The minimum Gasteiger partial charge on any atom is -0.495 e. The summed E-state index contributed by atoms with van der Waals surface area (Å²) in [5.41, 5.74) is -0.410. The first kappa shape index (κ1) is 43.2. The lowest BCUT2D eigenvalue weighted by Crippen LogP contribution is -2.48. The number of aryl methyl sites for hydroxylation is 1. The van der Waals surface area contributed by atoms with E-state index in [0.29, 0.717) is 53.3 Å². The molecule has 1 aromatic carbocycles. The summed E-state index contributed by atoms with van der Waals surface area (Å²) in [6, 6.07) is 2.64. The molecule has 3 heterocycles. The highest BCUT2D eigenvalue weighted by atomic mass is 35.5. The predicted octanol–water partition coefficient (Wildman–Crippen LogP) is 6.90. The largest absolute Gasteiger partial charge is 0.495 e. The van der Waals surface area contributed by atoms with Crippen LogP contribution in [0.5, 0.6) is 17.4 Å². The number of rotatable bonds is 11. The second kappa shape index (κ2) is 17.2. The first-order valence-electron chi connectivity index (χ1n) is 21.3. The van der Waals surface area contributed by atoms with E-state index >= 15 is 4.79 Å². The van der Waals surface area contributed by atoms with Gasteiger partial charge >= 0.3 is 5.97 Å². The molecule has 5 aliphatic rings. The van der Waals surface area contributed by atoms with E-state index in [1.165, 1.54) is 0 Å². The van der Waals surface area contributed by atoms with Crippen LogP contribution >= 0.6 is 11.6 Å². The van der Waals surface area contributed by atoms with Gasteiger partial charge in [-0.15, -0.1) is 6.58 Å². The molecule has 322 valence electrons. The lowest BCUT2D eigenvalue weighted by atomic mass is 9.77. The minimum absolute atomic E-state index is 0.0329. The number of Topliss-reactive ketones (excluding diaryl/α,β-unsaturated/α-hetero) is 1. The first-order chi connectivity index (χ1) is 28.1. The van der Waals surface area contributed by atoms with Crippen molar-refractivity contribution in [2.45, 2.75) is 128 Å². The molecule has 7 rings (SSSR count). The van der Waals surface area contributed by atoms with Crippen LogP contribution in [-0.2, 0) is 40.4 Å². The zero-order chi connectivity index (χ0) is 42.3. The SMILES string of the molecule is C=C[C@@H]1CC1(CC(=O)[C@@H]1C[C@@H]2CN1C(=O)[C@H](C1CCCCC1)CC(=O)OCC(C)(C)CCCc1cc3c(cc(OCC)nc3c(Cl)c1OC)O2)C(=O)NS(=O)(=O)C1CC1. The average Bonchev–Trinajstić information content (AvgIpc) is 4.13. The number of methoxy groups -OCH3 is 1. The van der Waals surface area contributed by atoms with Gasteiger partial charge in [-0.25, -0.2) is 13.4 Å². The Kier molecular flexibility index (Phi) is 12.6. The summed E-state index contributed by atoms with van der Waals surface area (Å²) in [5.74, 6) is -1.91. The zero-order valence-corrected chi connectivity index (χ0v) is 36.3. The molecule has 13 nitrogen and oxygen atoms in total. The third-order valence-corrected chi connectivity index (χ3v) is 15.3. The monoisotopic (exact) mass is 855 g/mol. The Morgan fingerprint density at radius 1 is 1.12 bits per heavy atom. The molecule has 3 saturated carbocycles. The highest BCUT2D eigenvalue weighted by Gasteiger charge is 2.61. The summed E-state index contributed by atoms with van der Waals surface area (Å²) >= 11 is 7.03. The smallest absolute Gasteiger partial charge is 0.306 e. The Morgan fingerprint density at radius 3 is 2.53 bits per heavy atom. The van der Waals surface area contributed by atoms with Crippen molar-refractivity contribution < 1.29 is 46.5 Å². The van der Waals surface area contributed by atoms with Crippen molar-refractivity contribution in [1.29, 1.82) is 0 Å². The minimum atomic E-state index is -3.87. The molecule has 4 bridgehead atoms. The fourth-order valence-electron chi connectivity index (χ4n) is 9.50. The first-order valence-corrected chi connectivity index (χ1v) is 23.2. The molecule has 2 aromatic rings. The van der Waals surface area contributed by atoms with E-state index in [2.05, 4.69) is 11.3 Å². The van der Waals surface area contributed by atoms with Crippen LogP contribution in [0.25, 0.3) is 10.9 Å². The number of nitrogens with zero attached hydrogens (tertiary/aromatic N) is 2. The fraction of sp³-hybridized carbons (Fsp3) is 0.659. The molecule has 3 aliphatic carbocycles. The zero-order valence-electron chi connectivity index (χ0n) is 34.7. The molecule has 1 unspecified atom stereocenters.